The van der Waals surface area contributed by atoms with Crippen LogP contribution in [-0.2, 0) is 0 Å². The molecule has 0 radical (unpaired) electrons. The summed E-state index contributed by atoms with van der Waals surface area (Å²) in [6, 6.07) is 0. The molecule has 0 unspecified atom stereocenters. The molecule has 0 saturated heterocycles. The van der Waals surface area contributed by atoms with Gasteiger partial charge in [-0.05, 0) is 24.6 Å². The van der Waals surface area contributed by atoms with Gasteiger partial charge in [0.1, 0.15) is 22.2 Å². The third-order valence-electron chi connectivity index (χ3n) is 2.15. The van der Waals surface area contributed by atoms with E-state index in [2.05, 4.69) is 34.0 Å². The van der Waals surface area contributed by atoms with Crippen LogP contribution in [0.4, 0.5) is 5.82 Å². The van der Waals surface area contributed by atoms with Crippen LogP contribution in [0.3, 0.4) is 0 Å². The van der Waals surface area contributed by atoms with Crippen molar-refractivity contribution < 1.29 is 0 Å². The molecule has 0 aliphatic heterocycles. The number of aromatic nitrogens is 4. The molecule has 90 valence electrons. The van der Waals surface area contributed by atoms with Crippen LogP contribution in [0.15, 0.2) is 15.7 Å². The van der Waals surface area contributed by atoms with E-state index in [0.29, 0.717) is 5.82 Å². The van der Waals surface area contributed by atoms with E-state index in [4.69, 9.17) is 5.73 Å². The molecule has 0 aliphatic carbocycles. The van der Waals surface area contributed by atoms with Crippen LogP contribution in [-0.4, -0.2) is 20.2 Å². The van der Waals surface area contributed by atoms with Crippen LogP contribution in [0.5, 0.6) is 0 Å². The second-order valence-electron chi connectivity index (χ2n) is 3.82. The van der Waals surface area contributed by atoms with Gasteiger partial charge < -0.3 is 5.73 Å². The molecular weight excluding hydrogens is 254 g/mol. The fraction of sp³-hybridized carbons (Fsp3) is 0.400. The molecule has 2 N–H and O–H groups in total. The number of nitrogens with zero attached hydrogens (tertiary/aromatic N) is 4. The zero-order valence-corrected chi connectivity index (χ0v) is 11.5. The highest BCUT2D eigenvalue weighted by Gasteiger charge is 2.15. The van der Waals surface area contributed by atoms with E-state index in [-0.39, 0.29) is 5.92 Å². The summed E-state index contributed by atoms with van der Waals surface area (Å²) >= 11 is 3.04. The Balaban J connectivity index is 2.35. The van der Waals surface area contributed by atoms with Crippen LogP contribution in [0.25, 0.3) is 0 Å². The summed E-state index contributed by atoms with van der Waals surface area (Å²) < 4.78 is 0.877. The Morgan fingerprint density at radius 3 is 2.65 bits per heavy atom. The van der Waals surface area contributed by atoms with Gasteiger partial charge in [0.15, 0.2) is 4.34 Å². The van der Waals surface area contributed by atoms with Gasteiger partial charge in [-0.2, -0.15) is 0 Å². The van der Waals surface area contributed by atoms with Gasteiger partial charge in [0.2, 0.25) is 0 Å². The second-order valence-corrected chi connectivity index (χ2v) is 6.24. The molecule has 7 heteroatoms. The smallest absolute Gasteiger partial charge is 0.180 e. The molecule has 2 rings (SSSR count). The second kappa shape index (κ2) is 4.97. The van der Waals surface area contributed by atoms with Gasteiger partial charge in [-0.1, -0.05) is 25.2 Å². The number of anilines is 1. The number of hydrogen-bond donors (Lipinski definition) is 1. The first kappa shape index (κ1) is 12.3. The van der Waals surface area contributed by atoms with Crippen molar-refractivity contribution in [2.24, 2.45) is 0 Å². The standard InChI is InChI=1S/C10H13N5S2/c1-5(2)7-8(11)12-4-13-9(7)17-10-15-14-6(3)16-10/h4-5H,1-3H3,(H2,11,12,13). The quantitative estimate of drug-likeness (QED) is 0.861. The van der Waals surface area contributed by atoms with Crippen molar-refractivity contribution in [3.8, 4) is 0 Å². The van der Waals surface area contributed by atoms with Crippen molar-refractivity contribution in [3.05, 3.63) is 16.9 Å². The fourth-order valence-corrected chi connectivity index (χ4v) is 3.40. The fourth-order valence-electron chi connectivity index (χ4n) is 1.42. The number of nitrogen functional groups attached to an aromatic ring is 1. The van der Waals surface area contributed by atoms with Gasteiger partial charge in [0.05, 0.1) is 0 Å². The van der Waals surface area contributed by atoms with E-state index in [1.807, 2.05) is 6.92 Å². The molecule has 0 aliphatic rings. The Kier molecular flexibility index (Phi) is 3.58. The minimum Gasteiger partial charge on any atom is -0.383 e. The van der Waals surface area contributed by atoms with Crippen LogP contribution < -0.4 is 5.73 Å². The first-order chi connectivity index (χ1) is 8.08. The molecule has 0 atom stereocenters. The summed E-state index contributed by atoms with van der Waals surface area (Å²) in [4.78, 5) is 8.30. The van der Waals surface area contributed by atoms with Gasteiger partial charge in [-0.15, -0.1) is 10.2 Å². The average molecular weight is 267 g/mol. The topological polar surface area (TPSA) is 77.6 Å². The van der Waals surface area contributed by atoms with Gasteiger partial charge in [0.25, 0.3) is 0 Å². The maximum atomic E-state index is 5.88. The van der Waals surface area contributed by atoms with Crippen LogP contribution in [0.2, 0.25) is 0 Å². The summed E-state index contributed by atoms with van der Waals surface area (Å²) in [7, 11) is 0. The first-order valence-corrected chi connectivity index (χ1v) is 6.79. The molecule has 5 nitrogen and oxygen atoms in total. The van der Waals surface area contributed by atoms with E-state index in [9.17, 15) is 0 Å². The lowest BCUT2D eigenvalue weighted by Crippen LogP contribution is -2.03. The molecule has 2 aromatic heterocycles. The molecule has 2 heterocycles. The Bertz CT molecular complexity index is 523. The monoisotopic (exact) mass is 267 g/mol. The third kappa shape index (κ3) is 2.73. The molecule has 0 aromatic carbocycles. The molecule has 0 fully saturated rings. The summed E-state index contributed by atoms with van der Waals surface area (Å²) in [6.45, 7) is 6.08. The van der Waals surface area contributed by atoms with Crippen molar-refractivity contribution in [2.45, 2.75) is 36.1 Å². The van der Waals surface area contributed by atoms with E-state index in [1.165, 1.54) is 18.1 Å². The molecule has 0 bridgehead atoms. The number of hydrogen-bond acceptors (Lipinski definition) is 7. The minimum absolute atomic E-state index is 0.285. The van der Waals surface area contributed by atoms with Crippen molar-refractivity contribution >= 4 is 28.9 Å². The maximum absolute atomic E-state index is 5.88. The first-order valence-electron chi connectivity index (χ1n) is 5.16. The maximum Gasteiger partial charge on any atom is 0.180 e. The van der Waals surface area contributed by atoms with E-state index in [0.717, 1.165) is 19.9 Å². The highest BCUT2D eigenvalue weighted by molar-refractivity contribution is 8.01. The zero-order chi connectivity index (χ0) is 12.4. The Hall–Kier alpha value is -1.21. The van der Waals surface area contributed by atoms with E-state index >= 15 is 0 Å². The minimum atomic E-state index is 0.285. The van der Waals surface area contributed by atoms with Crippen LogP contribution in [0, 0.1) is 6.92 Å². The normalized spacial score (nSPS) is 11.1. The van der Waals surface area contributed by atoms with Crippen molar-refractivity contribution in [1.29, 1.82) is 0 Å². The van der Waals surface area contributed by atoms with Crippen molar-refractivity contribution in [1.82, 2.24) is 20.2 Å². The van der Waals surface area contributed by atoms with Crippen LogP contribution in [0.1, 0.15) is 30.3 Å². The van der Waals surface area contributed by atoms with Gasteiger partial charge >= 0.3 is 0 Å². The lowest BCUT2D eigenvalue weighted by molar-refractivity contribution is 0.808. The largest absolute Gasteiger partial charge is 0.383 e. The van der Waals surface area contributed by atoms with Crippen LogP contribution >= 0.6 is 23.1 Å². The summed E-state index contributed by atoms with van der Waals surface area (Å²) in [5.74, 6) is 0.825. The van der Waals surface area contributed by atoms with E-state index in [1.54, 1.807) is 11.3 Å². The van der Waals surface area contributed by atoms with E-state index < -0.39 is 0 Å². The molecule has 0 amide bonds. The summed E-state index contributed by atoms with van der Waals surface area (Å²) in [5.41, 5.74) is 6.86. The lowest BCUT2D eigenvalue weighted by atomic mass is 10.1. The number of aryl methyl sites for hydroxylation is 1. The van der Waals surface area contributed by atoms with Crippen molar-refractivity contribution in [3.63, 3.8) is 0 Å². The molecular formula is C10H13N5S2. The predicted molar refractivity (Wildman–Crippen MR) is 69.3 cm³/mol. The molecule has 0 spiro atoms. The lowest BCUT2D eigenvalue weighted by Gasteiger charge is -2.11. The Labute approximate surface area is 108 Å². The third-order valence-corrected chi connectivity index (χ3v) is 4.06. The summed E-state index contributed by atoms with van der Waals surface area (Å²) in [5, 5.41) is 9.86. The highest BCUT2D eigenvalue weighted by atomic mass is 32.2. The van der Waals surface area contributed by atoms with Gasteiger partial charge in [0, 0.05) is 5.56 Å². The SMILES string of the molecule is Cc1nnc(Sc2ncnc(N)c2C(C)C)s1. The predicted octanol–water partition coefficient (Wildman–Crippen LogP) is 2.49. The van der Waals surface area contributed by atoms with Gasteiger partial charge in [-0.3, -0.25) is 0 Å². The summed E-state index contributed by atoms with van der Waals surface area (Å²) in [6.07, 6.45) is 1.48. The van der Waals surface area contributed by atoms with Gasteiger partial charge in [-0.25, -0.2) is 9.97 Å². The Morgan fingerprint density at radius 1 is 1.29 bits per heavy atom. The molecule has 17 heavy (non-hydrogen) atoms. The molecule has 0 saturated carbocycles. The highest BCUT2D eigenvalue weighted by Crippen LogP contribution is 2.35. The molecule has 2 aromatic rings. The van der Waals surface area contributed by atoms with Crippen molar-refractivity contribution in [2.75, 3.05) is 5.73 Å². The zero-order valence-electron chi connectivity index (χ0n) is 9.84. The Morgan fingerprint density at radius 2 is 2.06 bits per heavy atom. The number of rotatable bonds is 3. The average Bonchev–Trinajstić information content (AvgIpc) is 2.63. The number of nitrogens with two attached hydrogens (primary N) is 1.